The monoisotopic (exact) mass is 325 g/mol. The molecule has 1 N–H and O–H groups in total. The minimum atomic E-state index is 0.644. The van der Waals surface area contributed by atoms with Gasteiger partial charge in [-0.1, -0.05) is 6.07 Å². The highest BCUT2D eigenvalue weighted by molar-refractivity contribution is 5.11. The van der Waals surface area contributed by atoms with Crippen LogP contribution in [0.2, 0.25) is 0 Å². The molecule has 3 aliphatic heterocycles. The van der Waals surface area contributed by atoms with Crippen LogP contribution in [-0.4, -0.2) is 50.4 Å². The van der Waals surface area contributed by atoms with Crippen LogP contribution in [-0.2, 0) is 13.1 Å². The zero-order valence-corrected chi connectivity index (χ0v) is 14.7. The van der Waals surface area contributed by atoms with E-state index in [0.717, 1.165) is 31.2 Å². The van der Waals surface area contributed by atoms with Crippen LogP contribution in [0, 0.1) is 19.8 Å². The Morgan fingerprint density at radius 2 is 2.04 bits per heavy atom. The second-order valence-electron chi connectivity index (χ2n) is 7.47. The number of imidazole rings is 1. The number of nitrogens with one attached hydrogen (secondary N) is 1. The Hall–Kier alpha value is -1.72. The smallest absolute Gasteiger partial charge is 0.0925 e. The van der Waals surface area contributed by atoms with Crippen molar-refractivity contribution in [3.05, 3.63) is 47.3 Å². The van der Waals surface area contributed by atoms with Crippen LogP contribution in [0.3, 0.4) is 0 Å². The maximum absolute atomic E-state index is 4.70. The molecule has 0 aromatic carbocycles. The van der Waals surface area contributed by atoms with Gasteiger partial charge in [0.15, 0.2) is 0 Å². The average Bonchev–Trinajstić information content (AvgIpc) is 2.77. The number of nitrogens with zero attached hydrogens (tertiary/aromatic N) is 4. The van der Waals surface area contributed by atoms with Crippen molar-refractivity contribution in [3.63, 3.8) is 0 Å². The maximum Gasteiger partial charge on any atom is 0.0925 e. The summed E-state index contributed by atoms with van der Waals surface area (Å²) in [6, 6.07) is 7.01. The molecule has 5 rings (SSSR count). The van der Waals surface area contributed by atoms with Gasteiger partial charge in [-0.25, -0.2) is 4.98 Å². The van der Waals surface area contributed by atoms with E-state index in [4.69, 9.17) is 4.98 Å². The molecule has 0 amide bonds. The van der Waals surface area contributed by atoms with Gasteiger partial charge in [-0.3, -0.25) is 14.8 Å². The van der Waals surface area contributed by atoms with E-state index in [9.17, 15) is 0 Å². The molecule has 5 nitrogen and oxygen atoms in total. The summed E-state index contributed by atoms with van der Waals surface area (Å²) in [4.78, 5) is 17.7. The first-order chi connectivity index (χ1) is 11.7. The first-order valence-electron chi connectivity index (χ1n) is 9.05. The number of hydrogen-bond donors (Lipinski definition) is 1. The van der Waals surface area contributed by atoms with E-state index in [0.29, 0.717) is 6.04 Å². The van der Waals surface area contributed by atoms with Crippen molar-refractivity contribution in [1.82, 2.24) is 24.8 Å². The zero-order valence-electron chi connectivity index (χ0n) is 14.7. The normalized spacial score (nSPS) is 25.1. The topological polar surface area (TPSA) is 48.0 Å². The van der Waals surface area contributed by atoms with Crippen molar-refractivity contribution < 1.29 is 0 Å². The van der Waals surface area contributed by atoms with Crippen molar-refractivity contribution in [1.29, 1.82) is 0 Å². The maximum atomic E-state index is 4.70. The lowest BCUT2D eigenvalue weighted by Crippen LogP contribution is -2.43. The molecule has 128 valence electrons. The Labute approximate surface area is 144 Å². The van der Waals surface area contributed by atoms with Crippen LogP contribution in [0.4, 0.5) is 0 Å². The largest absolute Gasteiger partial charge is 0.348 e. The van der Waals surface area contributed by atoms with Crippen molar-refractivity contribution in [2.45, 2.75) is 45.8 Å². The highest BCUT2D eigenvalue weighted by atomic mass is 15.3. The van der Waals surface area contributed by atoms with E-state index < -0.39 is 0 Å². The van der Waals surface area contributed by atoms with Crippen molar-refractivity contribution in [2.24, 2.45) is 5.92 Å². The minimum Gasteiger partial charge on any atom is -0.348 e. The summed E-state index contributed by atoms with van der Waals surface area (Å²) in [5.74, 6) is 0.771. The van der Waals surface area contributed by atoms with Crippen LogP contribution in [0.25, 0.3) is 0 Å². The van der Waals surface area contributed by atoms with Crippen LogP contribution >= 0.6 is 0 Å². The first kappa shape index (κ1) is 15.8. The number of H-pyrrole nitrogens is 1. The fourth-order valence-corrected chi connectivity index (χ4v) is 4.25. The molecule has 2 atom stereocenters. The van der Waals surface area contributed by atoms with Gasteiger partial charge in [0, 0.05) is 50.2 Å². The lowest BCUT2D eigenvalue weighted by atomic mass is 9.95. The molecule has 3 aliphatic rings. The molecule has 2 aromatic heterocycles. The third-order valence-electron chi connectivity index (χ3n) is 5.52. The van der Waals surface area contributed by atoms with Gasteiger partial charge in [0.05, 0.1) is 17.7 Å². The minimum absolute atomic E-state index is 0.644. The lowest BCUT2D eigenvalue weighted by molar-refractivity contribution is 0.121. The summed E-state index contributed by atoms with van der Waals surface area (Å²) >= 11 is 0. The molecular weight excluding hydrogens is 298 g/mol. The summed E-state index contributed by atoms with van der Waals surface area (Å²) in [6.07, 6.45) is 4.48. The van der Waals surface area contributed by atoms with Gasteiger partial charge in [-0.05, 0) is 44.7 Å². The van der Waals surface area contributed by atoms with Gasteiger partial charge < -0.3 is 4.98 Å². The summed E-state index contributed by atoms with van der Waals surface area (Å²) in [6.45, 7) is 9.69. The number of aromatic nitrogens is 3. The van der Waals surface area contributed by atoms with E-state index in [2.05, 4.69) is 51.8 Å². The molecule has 5 heterocycles. The number of rotatable bonds is 4. The number of pyridine rings is 1. The SMILES string of the molecule is Cc1cccc(CN2C[C@@H]3CC[C@H]2CN(Cc2nc[nH]c2C)C3)n1. The molecule has 24 heavy (non-hydrogen) atoms. The van der Waals surface area contributed by atoms with Crippen LogP contribution < -0.4 is 0 Å². The van der Waals surface area contributed by atoms with Crippen molar-refractivity contribution in [2.75, 3.05) is 19.6 Å². The van der Waals surface area contributed by atoms with E-state index in [-0.39, 0.29) is 0 Å². The summed E-state index contributed by atoms with van der Waals surface area (Å²) in [5, 5.41) is 0. The number of aromatic amines is 1. The molecule has 3 saturated heterocycles. The second-order valence-corrected chi connectivity index (χ2v) is 7.47. The number of fused-ring (bicyclic) bond motifs is 4. The molecule has 0 aliphatic carbocycles. The lowest BCUT2D eigenvalue weighted by Gasteiger charge is -2.36. The highest BCUT2D eigenvalue weighted by Gasteiger charge is 2.35. The van der Waals surface area contributed by atoms with Gasteiger partial charge in [-0.15, -0.1) is 0 Å². The molecule has 0 spiro atoms. The first-order valence-corrected chi connectivity index (χ1v) is 9.05. The molecule has 0 unspecified atom stereocenters. The fourth-order valence-electron chi connectivity index (χ4n) is 4.25. The molecule has 2 bridgehead atoms. The number of hydrogen-bond acceptors (Lipinski definition) is 4. The highest BCUT2D eigenvalue weighted by Crippen LogP contribution is 2.29. The average molecular weight is 325 g/mol. The van der Waals surface area contributed by atoms with Gasteiger partial charge in [0.25, 0.3) is 0 Å². The van der Waals surface area contributed by atoms with Gasteiger partial charge in [0.1, 0.15) is 0 Å². The van der Waals surface area contributed by atoms with Crippen LogP contribution in [0.1, 0.15) is 35.6 Å². The molecular formula is C19H27N5. The Balaban J connectivity index is 1.45. The fraction of sp³-hybridized carbons (Fsp3) is 0.579. The van der Waals surface area contributed by atoms with Gasteiger partial charge in [0.2, 0.25) is 0 Å². The summed E-state index contributed by atoms with van der Waals surface area (Å²) in [5.41, 5.74) is 4.72. The Bertz CT molecular complexity index is 695. The Morgan fingerprint density at radius 1 is 1.12 bits per heavy atom. The quantitative estimate of drug-likeness (QED) is 0.938. The predicted octanol–water partition coefficient (Wildman–Crippen LogP) is 2.52. The van der Waals surface area contributed by atoms with Crippen LogP contribution in [0.15, 0.2) is 24.5 Å². The molecule has 0 radical (unpaired) electrons. The standard InChI is InChI=1S/C19H27N5/c1-14-4-3-5-17(22-14)10-24-9-16-6-7-18(24)11-23(8-16)12-19-15(2)20-13-21-19/h3-5,13,16,18H,6-12H2,1-2H3,(H,20,21)/t16-,18+/m1/s1. The third-order valence-corrected chi connectivity index (χ3v) is 5.52. The van der Waals surface area contributed by atoms with E-state index in [1.165, 1.54) is 43.0 Å². The molecule has 5 heteroatoms. The van der Waals surface area contributed by atoms with E-state index in [1.807, 2.05) is 6.33 Å². The van der Waals surface area contributed by atoms with Crippen LogP contribution in [0.5, 0.6) is 0 Å². The van der Waals surface area contributed by atoms with E-state index in [1.54, 1.807) is 0 Å². The third kappa shape index (κ3) is 3.37. The van der Waals surface area contributed by atoms with E-state index >= 15 is 0 Å². The second kappa shape index (κ2) is 6.65. The van der Waals surface area contributed by atoms with Crippen molar-refractivity contribution >= 4 is 0 Å². The zero-order chi connectivity index (χ0) is 16.5. The van der Waals surface area contributed by atoms with Crippen molar-refractivity contribution in [3.8, 4) is 0 Å². The summed E-state index contributed by atoms with van der Waals surface area (Å²) in [7, 11) is 0. The van der Waals surface area contributed by atoms with Gasteiger partial charge >= 0.3 is 0 Å². The number of aryl methyl sites for hydroxylation is 2. The summed E-state index contributed by atoms with van der Waals surface area (Å²) < 4.78 is 0. The molecule has 0 saturated carbocycles. The molecule has 2 aromatic rings. The van der Waals surface area contributed by atoms with Gasteiger partial charge in [-0.2, -0.15) is 0 Å². The molecule has 3 fully saturated rings. The Morgan fingerprint density at radius 3 is 2.83 bits per heavy atom. The Kier molecular flexibility index (Phi) is 4.37. The number of piperidine rings is 1. The predicted molar refractivity (Wildman–Crippen MR) is 94.5 cm³/mol.